The van der Waals surface area contributed by atoms with Crippen LogP contribution in [0.4, 0.5) is 0 Å². The summed E-state index contributed by atoms with van der Waals surface area (Å²) in [4.78, 5) is 12.2. The molecule has 0 radical (unpaired) electrons. The van der Waals surface area contributed by atoms with Crippen molar-refractivity contribution in [2.24, 2.45) is 0 Å². The molecule has 1 amide bonds. The van der Waals surface area contributed by atoms with Gasteiger partial charge in [0, 0.05) is 12.6 Å². The van der Waals surface area contributed by atoms with E-state index in [2.05, 4.69) is 5.32 Å². The summed E-state index contributed by atoms with van der Waals surface area (Å²) in [5.41, 5.74) is 1.53. The van der Waals surface area contributed by atoms with Crippen LogP contribution in [0.5, 0.6) is 23.0 Å². The first-order valence-electron chi connectivity index (χ1n) is 11.2. The van der Waals surface area contributed by atoms with Gasteiger partial charge in [0.1, 0.15) is 24.4 Å². The Hall–Kier alpha value is -3.35. The highest BCUT2D eigenvalue weighted by Crippen LogP contribution is 2.32. The Morgan fingerprint density at radius 2 is 1.75 bits per heavy atom. The van der Waals surface area contributed by atoms with E-state index in [1.54, 1.807) is 30.3 Å². The Labute approximate surface area is 208 Å². The van der Waals surface area contributed by atoms with E-state index in [0.717, 1.165) is 5.56 Å². The number of benzene rings is 2. The number of carbonyl (C=O) groups is 1. The smallest absolute Gasteiger partial charge is 0.244 e. The van der Waals surface area contributed by atoms with Crippen molar-refractivity contribution in [1.29, 1.82) is 0 Å². The summed E-state index contributed by atoms with van der Waals surface area (Å²) in [7, 11) is 2.88. The molecule has 11 nitrogen and oxygen atoms in total. The molecule has 0 bridgehead atoms. The minimum atomic E-state index is -1.57. The fraction of sp³-hybridized carbons (Fsp3) is 0.400. The fourth-order valence-corrected chi connectivity index (χ4v) is 3.61. The van der Waals surface area contributed by atoms with Crippen LogP contribution in [-0.2, 0) is 16.0 Å². The predicted octanol–water partition coefficient (Wildman–Crippen LogP) is -0.0398. The molecule has 0 spiro atoms. The normalized spacial score (nSPS) is 23.9. The zero-order valence-electron chi connectivity index (χ0n) is 19.9. The van der Waals surface area contributed by atoms with E-state index in [1.165, 1.54) is 32.4 Å². The number of ether oxygens (including phenoxy) is 4. The summed E-state index contributed by atoms with van der Waals surface area (Å²) in [5.74, 6) is 0.574. The van der Waals surface area contributed by atoms with E-state index in [4.69, 9.17) is 18.9 Å². The van der Waals surface area contributed by atoms with Crippen LogP contribution >= 0.6 is 0 Å². The number of aliphatic hydroxyl groups excluding tert-OH is 4. The van der Waals surface area contributed by atoms with Crippen LogP contribution in [0.1, 0.15) is 11.1 Å². The monoisotopic (exact) mass is 505 g/mol. The average molecular weight is 506 g/mol. The molecule has 0 saturated carbocycles. The maximum Gasteiger partial charge on any atom is 0.244 e. The number of hydrogen-bond acceptors (Lipinski definition) is 10. The molecular weight excluding hydrogens is 474 g/mol. The Balaban J connectivity index is 1.57. The molecule has 0 aromatic heterocycles. The van der Waals surface area contributed by atoms with Crippen LogP contribution in [0.25, 0.3) is 6.08 Å². The van der Waals surface area contributed by atoms with Crippen molar-refractivity contribution in [2.75, 3.05) is 27.4 Å². The van der Waals surface area contributed by atoms with Gasteiger partial charge in [-0.1, -0.05) is 12.1 Å². The number of aliphatic hydroxyl groups is 4. The molecule has 0 aliphatic carbocycles. The quantitative estimate of drug-likeness (QED) is 0.241. The summed E-state index contributed by atoms with van der Waals surface area (Å²) in [6, 6.07) is 9.78. The van der Waals surface area contributed by atoms with E-state index < -0.39 is 37.3 Å². The van der Waals surface area contributed by atoms with Crippen molar-refractivity contribution in [1.82, 2.24) is 5.32 Å². The number of aromatic hydroxyl groups is 1. The van der Waals surface area contributed by atoms with Crippen LogP contribution in [0.15, 0.2) is 42.5 Å². The average Bonchev–Trinajstić information content (AvgIpc) is 2.89. The van der Waals surface area contributed by atoms with Gasteiger partial charge in [0.2, 0.25) is 12.2 Å². The lowest BCUT2D eigenvalue weighted by Crippen LogP contribution is -2.60. The van der Waals surface area contributed by atoms with E-state index in [0.29, 0.717) is 24.3 Å². The number of nitrogens with one attached hydrogen (secondary N) is 1. The summed E-state index contributed by atoms with van der Waals surface area (Å²) in [6.07, 6.45) is -3.57. The molecule has 1 heterocycles. The van der Waals surface area contributed by atoms with Crippen LogP contribution in [-0.4, -0.2) is 89.5 Å². The van der Waals surface area contributed by atoms with Gasteiger partial charge in [-0.3, -0.25) is 4.79 Å². The SMILES string of the molecule is COc1cc(CCNC(=O)C=Cc2ccc(O[C@@H]3O[C@@H](CO)[C@H](O)[C@H](O)[C@H]3O)c(OC)c2)ccc1O. The summed E-state index contributed by atoms with van der Waals surface area (Å²) >= 11 is 0. The standard InChI is InChI=1S/C25H31NO10/c1-33-18-11-15(3-6-16(18)28)9-10-26-21(29)8-5-14-4-7-17(19(12-14)34-2)35-25-24(32)23(31)22(30)20(13-27)36-25/h3-8,11-12,20,22-25,27-28,30-32H,9-10,13H2,1-2H3,(H,26,29)/t20-,22-,23-,24+,25+/m0/s1. The van der Waals surface area contributed by atoms with Crippen molar-refractivity contribution >= 4 is 12.0 Å². The van der Waals surface area contributed by atoms with Gasteiger partial charge in [-0.25, -0.2) is 0 Å². The largest absolute Gasteiger partial charge is 0.504 e. The van der Waals surface area contributed by atoms with Crippen LogP contribution in [0.3, 0.4) is 0 Å². The summed E-state index contributed by atoms with van der Waals surface area (Å²) < 4.78 is 21.4. The lowest BCUT2D eigenvalue weighted by Gasteiger charge is -2.39. The van der Waals surface area contributed by atoms with Crippen molar-refractivity contribution < 1.29 is 49.3 Å². The highest BCUT2D eigenvalue weighted by atomic mass is 16.7. The molecule has 1 saturated heterocycles. The molecule has 2 aromatic carbocycles. The minimum Gasteiger partial charge on any atom is -0.504 e. The molecule has 0 unspecified atom stereocenters. The number of carbonyl (C=O) groups excluding carboxylic acids is 1. The maximum absolute atomic E-state index is 12.2. The minimum absolute atomic E-state index is 0.0493. The molecule has 1 fully saturated rings. The van der Waals surface area contributed by atoms with E-state index in [1.807, 2.05) is 0 Å². The van der Waals surface area contributed by atoms with Crippen molar-refractivity contribution in [3.63, 3.8) is 0 Å². The zero-order chi connectivity index (χ0) is 26.2. The van der Waals surface area contributed by atoms with Gasteiger partial charge in [0.05, 0.1) is 20.8 Å². The number of hydrogen-bond donors (Lipinski definition) is 6. The maximum atomic E-state index is 12.2. The lowest BCUT2D eigenvalue weighted by molar-refractivity contribution is -0.277. The second kappa shape index (κ2) is 12.6. The first kappa shape index (κ1) is 27.2. The molecule has 11 heteroatoms. The van der Waals surface area contributed by atoms with Crippen molar-refractivity contribution in [3.05, 3.63) is 53.6 Å². The predicted molar refractivity (Wildman–Crippen MR) is 128 cm³/mol. The Morgan fingerprint density at radius 3 is 2.44 bits per heavy atom. The molecule has 3 rings (SSSR count). The first-order chi connectivity index (χ1) is 17.3. The number of amides is 1. The molecule has 196 valence electrons. The number of methoxy groups -OCH3 is 2. The van der Waals surface area contributed by atoms with Gasteiger partial charge < -0.3 is 49.8 Å². The van der Waals surface area contributed by atoms with Crippen LogP contribution in [0, 0.1) is 0 Å². The zero-order valence-corrected chi connectivity index (χ0v) is 19.9. The Bertz CT molecular complexity index is 1060. The number of phenols is 1. The van der Waals surface area contributed by atoms with Crippen molar-refractivity contribution in [3.8, 4) is 23.0 Å². The molecule has 1 aliphatic rings. The van der Waals surface area contributed by atoms with Gasteiger partial charge in [-0.2, -0.15) is 0 Å². The number of rotatable bonds is 10. The Kier molecular flexibility index (Phi) is 9.51. The van der Waals surface area contributed by atoms with Gasteiger partial charge in [0.25, 0.3) is 0 Å². The topological polar surface area (TPSA) is 167 Å². The van der Waals surface area contributed by atoms with Gasteiger partial charge in [-0.15, -0.1) is 0 Å². The van der Waals surface area contributed by atoms with Crippen LogP contribution < -0.4 is 19.5 Å². The lowest BCUT2D eigenvalue weighted by atomic mass is 9.99. The van der Waals surface area contributed by atoms with Crippen LogP contribution in [0.2, 0.25) is 0 Å². The second-order valence-corrected chi connectivity index (χ2v) is 8.11. The molecule has 5 atom stereocenters. The highest BCUT2D eigenvalue weighted by Gasteiger charge is 2.44. The first-order valence-corrected chi connectivity index (χ1v) is 11.2. The molecule has 36 heavy (non-hydrogen) atoms. The van der Waals surface area contributed by atoms with Gasteiger partial charge >= 0.3 is 0 Å². The molecule has 2 aromatic rings. The third-order valence-corrected chi connectivity index (χ3v) is 5.66. The highest BCUT2D eigenvalue weighted by molar-refractivity contribution is 5.91. The van der Waals surface area contributed by atoms with Crippen molar-refractivity contribution in [2.45, 2.75) is 37.1 Å². The summed E-state index contributed by atoms with van der Waals surface area (Å²) in [5, 5.41) is 51.8. The van der Waals surface area contributed by atoms with E-state index in [-0.39, 0.29) is 23.2 Å². The third-order valence-electron chi connectivity index (χ3n) is 5.66. The number of phenolic OH excluding ortho intramolecular Hbond substituents is 1. The molecule has 1 aliphatic heterocycles. The fourth-order valence-electron chi connectivity index (χ4n) is 3.61. The molecule has 6 N–H and O–H groups in total. The third kappa shape index (κ3) is 6.65. The summed E-state index contributed by atoms with van der Waals surface area (Å²) in [6.45, 7) is -0.191. The molecular formula is C25H31NO10. The van der Waals surface area contributed by atoms with E-state index in [9.17, 15) is 30.3 Å². The van der Waals surface area contributed by atoms with Gasteiger partial charge in [0.15, 0.2) is 23.0 Å². The van der Waals surface area contributed by atoms with E-state index >= 15 is 0 Å². The Morgan fingerprint density at radius 1 is 1.00 bits per heavy atom. The second-order valence-electron chi connectivity index (χ2n) is 8.11. The van der Waals surface area contributed by atoms with Gasteiger partial charge in [-0.05, 0) is 47.9 Å².